The minimum Gasteiger partial charge on any atom is -0.507 e. The van der Waals surface area contributed by atoms with Crippen molar-refractivity contribution in [3.05, 3.63) is 53.5 Å². The normalized spacial score (nSPS) is 22.6. The van der Waals surface area contributed by atoms with Gasteiger partial charge in [0.1, 0.15) is 17.6 Å². The zero-order valence-electron chi connectivity index (χ0n) is 17.5. The smallest absolute Gasteiger partial charge is 0.295 e. The Morgan fingerprint density at radius 1 is 1.06 bits per heavy atom. The second-order valence-corrected chi connectivity index (χ2v) is 7.88. The summed E-state index contributed by atoms with van der Waals surface area (Å²) in [5.74, 6) is -0.170. The lowest BCUT2D eigenvalue weighted by Crippen LogP contribution is -2.38. The summed E-state index contributed by atoms with van der Waals surface area (Å²) in [6.07, 6.45) is 2.18. The Morgan fingerprint density at radius 2 is 1.88 bits per heavy atom. The van der Waals surface area contributed by atoms with E-state index in [1.165, 1.54) is 11.2 Å². The van der Waals surface area contributed by atoms with Crippen LogP contribution in [0.4, 0.5) is 0 Å². The number of likely N-dealkylation sites (tertiary alicyclic amines) is 1. The summed E-state index contributed by atoms with van der Waals surface area (Å²) in [4.78, 5) is 29.7. The predicted octanol–water partition coefficient (Wildman–Crippen LogP) is 2.15. The van der Waals surface area contributed by atoms with Crippen molar-refractivity contribution in [2.75, 3.05) is 46.2 Å². The van der Waals surface area contributed by atoms with E-state index in [9.17, 15) is 14.7 Å². The number of aliphatic hydroxyl groups excluding tert-OH is 1. The molecule has 0 bridgehead atoms. The highest BCUT2D eigenvalue weighted by Crippen LogP contribution is 2.41. The molecule has 1 N–H and O–H groups in total. The molecule has 3 aliphatic heterocycles. The molecule has 2 saturated heterocycles. The van der Waals surface area contributed by atoms with Crippen LogP contribution < -0.4 is 9.47 Å². The monoisotopic (exact) mass is 440 g/mol. The first-order valence-corrected chi connectivity index (χ1v) is 10.7. The Bertz CT molecular complexity index is 1040. The van der Waals surface area contributed by atoms with Crippen molar-refractivity contribution in [1.82, 2.24) is 9.80 Å². The molecule has 1 atom stereocenters. The molecule has 0 aliphatic carbocycles. The summed E-state index contributed by atoms with van der Waals surface area (Å²) in [5.41, 5.74) is 0.382. The number of ketones is 1. The number of fused-ring (bicyclic) bond motifs is 1. The van der Waals surface area contributed by atoms with Gasteiger partial charge in [-0.2, -0.15) is 0 Å². The maximum Gasteiger partial charge on any atom is 0.295 e. The summed E-state index contributed by atoms with van der Waals surface area (Å²) in [7, 11) is 0. The molecule has 0 radical (unpaired) electrons. The molecule has 9 nitrogen and oxygen atoms in total. The van der Waals surface area contributed by atoms with E-state index in [2.05, 4.69) is 4.90 Å². The minimum absolute atomic E-state index is 0.00943. The fourth-order valence-electron chi connectivity index (χ4n) is 4.34. The van der Waals surface area contributed by atoms with E-state index in [1.54, 1.807) is 30.3 Å². The molecule has 1 amide bonds. The summed E-state index contributed by atoms with van der Waals surface area (Å²) in [6, 6.07) is 7.51. The van der Waals surface area contributed by atoms with Crippen LogP contribution in [0, 0.1) is 0 Å². The van der Waals surface area contributed by atoms with E-state index in [1.807, 2.05) is 0 Å². The Balaban J connectivity index is 1.44. The zero-order chi connectivity index (χ0) is 22.1. The van der Waals surface area contributed by atoms with Crippen LogP contribution in [0.3, 0.4) is 0 Å². The summed E-state index contributed by atoms with van der Waals surface area (Å²) < 4.78 is 21.6. The average molecular weight is 440 g/mol. The van der Waals surface area contributed by atoms with E-state index in [-0.39, 0.29) is 18.1 Å². The molecular formula is C23H24N2O7. The molecule has 4 heterocycles. The molecule has 9 heteroatoms. The number of aliphatic hydroxyl groups is 1. The second-order valence-electron chi connectivity index (χ2n) is 7.88. The molecule has 0 saturated carbocycles. The van der Waals surface area contributed by atoms with E-state index in [4.69, 9.17) is 18.6 Å². The third-order valence-electron chi connectivity index (χ3n) is 5.98. The number of hydrogen-bond acceptors (Lipinski definition) is 8. The van der Waals surface area contributed by atoms with Gasteiger partial charge in [0, 0.05) is 31.7 Å². The first kappa shape index (κ1) is 20.6. The molecule has 1 aromatic heterocycles. The number of carbonyl (C=O) groups excluding carboxylic acids is 2. The molecule has 32 heavy (non-hydrogen) atoms. The zero-order valence-corrected chi connectivity index (χ0v) is 17.5. The quantitative estimate of drug-likeness (QED) is 0.414. The molecule has 1 aromatic carbocycles. The third kappa shape index (κ3) is 3.74. The van der Waals surface area contributed by atoms with Crippen LogP contribution in [-0.2, 0) is 14.3 Å². The van der Waals surface area contributed by atoms with Crippen molar-refractivity contribution in [1.29, 1.82) is 0 Å². The van der Waals surface area contributed by atoms with Crippen molar-refractivity contribution in [2.24, 2.45) is 0 Å². The number of ether oxygens (including phenoxy) is 3. The van der Waals surface area contributed by atoms with Gasteiger partial charge in [-0.05, 0) is 36.8 Å². The van der Waals surface area contributed by atoms with E-state index >= 15 is 0 Å². The number of hydrogen-bond donors (Lipinski definition) is 1. The second kappa shape index (κ2) is 8.68. The van der Waals surface area contributed by atoms with E-state index in [0.29, 0.717) is 49.0 Å². The van der Waals surface area contributed by atoms with E-state index < -0.39 is 17.7 Å². The number of carbonyl (C=O) groups is 2. The Hall–Kier alpha value is -3.30. The van der Waals surface area contributed by atoms with Crippen molar-refractivity contribution in [3.8, 4) is 11.5 Å². The molecule has 168 valence electrons. The fraction of sp³-hybridized carbons (Fsp3) is 0.391. The highest BCUT2D eigenvalue weighted by molar-refractivity contribution is 6.46. The summed E-state index contributed by atoms with van der Waals surface area (Å²) >= 11 is 0. The molecule has 1 unspecified atom stereocenters. The van der Waals surface area contributed by atoms with Crippen LogP contribution >= 0.6 is 0 Å². The van der Waals surface area contributed by atoms with Crippen molar-refractivity contribution in [3.63, 3.8) is 0 Å². The molecule has 2 fully saturated rings. The number of nitrogens with zero attached hydrogens (tertiary/aromatic N) is 2. The average Bonchev–Trinajstić information content (AvgIpc) is 3.55. The topological polar surface area (TPSA) is 102 Å². The highest BCUT2D eigenvalue weighted by Gasteiger charge is 2.47. The first-order valence-electron chi connectivity index (χ1n) is 10.7. The number of rotatable bonds is 6. The Morgan fingerprint density at radius 3 is 2.66 bits per heavy atom. The van der Waals surface area contributed by atoms with Gasteiger partial charge in [-0.3, -0.25) is 14.5 Å². The highest BCUT2D eigenvalue weighted by atomic mass is 16.7. The van der Waals surface area contributed by atoms with Gasteiger partial charge in [0.2, 0.25) is 6.79 Å². The van der Waals surface area contributed by atoms with E-state index in [0.717, 1.165) is 19.6 Å². The van der Waals surface area contributed by atoms with Gasteiger partial charge in [-0.25, -0.2) is 0 Å². The van der Waals surface area contributed by atoms with Crippen LogP contribution in [0.1, 0.15) is 23.8 Å². The number of amides is 1. The molecular weight excluding hydrogens is 416 g/mol. The lowest BCUT2D eigenvalue weighted by molar-refractivity contribution is -0.140. The number of furan rings is 1. The van der Waals surface area contributed by atoms with Gasteiger partial charge in [0.05, 0.1) is 25.1 Å². The molecule has 2 aromatic rings. The maximum atomic E-state index is 13.0. The van der Waals surface area contributed by atoms with Crippen molar-refractivity contribution in [2.45, 2.75) is 12.5 Å². The van der Waals surface area contributed by atoms with Crippen molar-refractivity contribution < 1.29 is 33.3 Å². The standard InChI is InChI=1S/C23H24N2O7/c26-21(15-4-5-16-18(13-15)32-14-31-16)19-20(17-3-1-10-30-17)25(23(28)22(19)27)7-2-6-24-8-11-29-12-9-24/h1,3-5,10,13,20,26H,2,6-9,11-12,14H2/b21-19+. The maximum absolute atomic E-state index is 13.0. The van der Waals surface area contributed by atoms with Gasteiger partial charge in [0.25, 0.3) is 11.7 Å². The Kier molecular flexibility index (Phi) is 5.59. The number of Topliss-reactive ketones (excluding diaryl/α,β-unsaturated/α-hetero) is 1. The molecule has 3 aliphatic rings. The summed E-state index contributed by atoms with van der Waals surface area (Å²) in [5, 5.41) is 11.1. The first-order chi connectivity index (χ1) is 15.6. The molecule has 0 spiro atoms. The van der Waals surface area contributed by atoms with Gasteiger partial charge >= 0.3 is 0 Å². The Labute approximate surface area is 184 Å². The van der Waals surface area contributed by atoms with Gasteiger partial charge < -0.3 is 28.6 Å². The predicted molar refractivity (Wildman–Crippen MR) is 112 cm³/mol. The van der Waals surface area contributed by atoms with Crippen LogP contribution in [0.5, 0.6) is 11.5 Å². The van der Waals surface area contributed by atoms with Gasteiger partial charge in [0.15, 0.2) is 11.5 Å². The minimum atomic E-state index is -0.792. The number of benzene rings is 1. The van der Waals surface area contributed by atoms with Gasteiger partial charge in [-0.1, -0.05) is 0 Å². The van der Waals surface area contributed by atoms with Crippen LogP contribution in [0.15, 0.2) is 46.6 Å². The lowest BCUT2D eigenvalue weighted by Gasteiger charge is -2.28. The lowest BCUT2D eigenvalue weighted by atomic mass is 9.99. The van der Waals surface area contributed by atoms with Crippen LogP contribution in [-0.4, -0.2) is 72.8 Å². The summed E-state index contributed by atoms with van der Waals surface area (Å²) in [6.45, 7) is 4.36. The largest absolute Gasteiger partial charge is 0.507 e. The molecule has 5 rings (SSSR count). The third-order valence-corrected chi connectivity index (χ3v) is 5.98. The van der Waals surface area contributed by atoms with Crippen molar-refractivity contribution >= 4 is 17.4 Å². The van der Waals surface area contributed by atoms with Crippen LogP contribution in [0.25, 0.3) is 5.76 Å². The van der Waals surface area contributed by atoms with Crippen LogP contribution in [0.2, 0.25) is 0 Å². The van der Waals surface area contributed by atoms with Gasteiger partial charge in [-0.15, -0.1) is 0 Å². The number of morpholine rings is 1. The fourth-order valence-corrected chi connectivity index (χ4v) is 4.34. The SMILES string of the molecule is O=C1C(=O)N(CCCN2CCOCC2)C(c2ccco2)/C1=C(\O)c1ccc2c(c1)OCO2.